The van der Waals surface area contributed by atoms with E-state index in [0.29, 0.717) is 30.2 Å². The number of hydrogen-bond donors (Lipinski definition) is 2. The number of nitrogens with one attached hydrogen (secondary N) is 2. The van der Waals surface area contributed by atoms with E-state index in [4.69, 9.17) is 5.26 Å². The van der Waals surface area contributed by atoms with Gasteiger partial charge in [-0.3, -0.25) is 0 Å². The Bertz CT molecular complexity index is 1090. The van der Waals surface area contributed by atoms with Gasteiger partial charge in [-0.25, -0.2) is 14.1 Å². The molecule has 2 N–H and O–H groups in total. The van der Waals surface area contributed by atoms with Crippen LogP contribution >= 0.6 is 0 Å². The van der Waals surface area contributed by atoms with Crippen molar-refractivity contribution < 1.29 is 4.39 Å². The maximum absolute atomic E-state index is 14.0. The Kier molecular flexibility index (Phi) is 6.81. The van der Waals surface area contributed by atoms with Crippen LogP contribution < -0.4 is 10.6 Å². The number of aromatic nitrogens is 2. The highest BCUT2D eigenvalue weighted by molar-refractivity contribution is 5.79. The third kappa shape index (κ3) is 5.03. The SMILES string of the molecule is CCNC(=NCc1cc(C#N)ccc1F)NCc1ccccc1-n1nc(C)cc1C. The first kappa shape index (κ1) is 21.1. The van der Waals surface area contributed by atoms with Gasteiger partial charge in [0.2, 0.25) is 0 Å². The van der Waals surface area contributed by atoms with E-state index in [1.807, 2.05) is 61.9 Å². The number of aliphatic imine (C=N–C) groups is 1. The van der Waals surface area contributed by atoms with Crippen molar-refractivity contribution in [3.8, 4) is 11.8 Å². The van der Waals surface area contributed by atoms with E-state index in [2.05, 4.69) is 20.7 Å². The van der Waals surface area contributed by atoms with Crippen molar-refractivity contribution in [3.63, 3.8) is 0 Å². The number of hydrogen-bond acceptors (Lipinski definition) is 3. The van der Waals surface area contributed by atoms with Crippen molar-refractivity contribution in [2.24, 2.45) is 4.99 Å². The molecule has 0 radical (unpaired) electrons. The largest absolute Gasteiger partial charge is 0.357 e. The molecule has 0 amide bonds. The first-order chi connectivity index (χ1) is 14.5. The second kappa shape index (κ2) is 9.70. The van der Waals surface area contributed by atoms with Crippen LogP contribution in [0, 0.1) is 31.0 Å². The van der Waals surface area contributed by atoms with Gasteiger partial charge >= 0.3 is 0 Å². The van der Waals surface area contributed by atoms with Crippen molar-refractivity contribution >= 4 is 5.96 Å². The van der Waals surface area contributed by atoms with Gasteiger partial charge in [0.05, 0.1) is 29.6 Å². The monoisotopic (exact) mass is 404 g/mol. The van der Waals surface area contributed by atoms with Crippen LogP contribution in [0.25, 0.3) is 5.69 Å². The maximum atomic E-state index is 14.0. The minimum Gasteiger partial charge on any atom is -0.357 e. The fraction of sp³-hybridized carbons (Fsp3) is 0.261. The topological polar surface area (TPSA) is 78.0 Å². The van der Waals surface area contributed by atoms with Crippen LogP contribution in [0.1, 0.15) is 35.0 Å². The number of guanidine groups is 1. The zero-order valence-corrected chi connectivity index (χ0v) is 17.4. The smallest absolute Gasteiger partial charge is 0.191 e. The number of aryl methyl sites for hydroxylation is 2. The minimum atomic E-state index is -0.372. The molecule has 7 heteroatoms. The van der Waals surface area contributed by atoms with Crippen LogP contribution in [0.3, 0.4) is 0 Å². The predicted molar refractivity (Wildman–Crippen MR) is 116 cm³/mol. The second-order valence-electron chi connectivity index (χ2n) is 6.93. The Balaban J connectivity index is 1.78. The van der Waals surface area contributed by atoms with E-state index in [-0.39, 0.29) is 12.4 Å². The molecule has 0 atom stereocenters. The molecule has 0 aliphatic carbocycles. The number of rotatable bonds is 6. The van der Waals surface area contributed by atoms with Gasteiger partial charge in [-0.2, -0.15) is 10.4 Å². The molecule has 0 aliphatic heterocycles. The summed E-state index contributed by atoms with van der Waals surface area (Å²) in [6, 6.07) is 16.4. The molecule has 0 unspecified atom stereocenters. The summed E-state index contributed by atoms with van der Waals surface area (Å²) in [5, 5.41) is 20.1. The lowest BCUT2D eigenvalue weighted by molar-refractivity contribution is 0.610. The van der Waals surface area contributed by atoms with Gasteiger partial charge in [0.25, 0.3) is 0 Å². The van der Waals surface area contributed by atoms with Crippen molar-refractivity contribution in [1.29, 1.82) is 5.26 Å². The fourth-order valence-electron chi connectivity index (χ4n) is 3.19. The normalized spacial score (nSPS) is 11.2. The molecule has 3 rings (SSSR count). The van der Waals surface area contributed by atoms with E-state index < -0.39 is 0 Å². The summed E-state index contributed by atoms with van der Waals surface area (Å²) in [7, 11) is 0. The molecular weight excluding hydrogens is 379 g/mol. The Morgan fingerprint density at radius 3 is 2.63 bits per heavy atom. The summed E-state index contributed by atoms with van der Waals surface area (Å²) in [5.74, 6) is 0.200. The van der Waals surface area contributed by atoms with Crippen molar-refractivity contribution in [3.05, 3.63) is 82.4 Å². The highest BCUT2D eigenvalue weighted by Gasteiger charge is 2.10. The Labute approximate surface area is 176 Å². The van der Waals surface area contributed by atoms with Gasteiger partial charge in [0.1, 0.15) is 5.82 Å². The minimum absolute atomic E-state index is 0.135. The lowest BCUT2D eigenvalue weighted by Crippen LogP contribution is -2.37. The zero-order chi connectivity index (χ0) is 21.5. The molecule has 0 bridgehead atoms. The molecule has 2 aromatic carbocycles. The average molecular weight is 404 g/mol. The second-order valence-corrected chi connectivity index (χ2v) is 6.93. The molecule has 0 saturated heterocycles. The molecular formula is C23H25FN6. The van der Waals surface area contributed by atoms with Crippen molar-refractivity contribution in [2.45, 2.75) is 33.9 Å². The fourth-order valence-corrected chi connectivity index (χ4v) is 3.19. The van der Waals surface area contributed by atoms with Crippen molar-refractivity contribution in [1.82, 2.24) is 20.4 Å². The summed E-state index contributed by atoms with van der Waals surface area (Å²) in [5.41, 5.74) is 4.89. The standard InChI is InChI=1S/C23H25FN6/c1-4-26-23(28-15-20-12-18(13-25)9-10-21(20)24)27-14-19-7-5-6-8-22(19)30-17(3)11-16(2)29-30/h5-12H,4,14-15H2,1-3H3,(H2,26,27,28). The van der Waals surface area contributed by atoms with Gasteiger partial charge in [-0.15, -0.1) is 0 Å². The van der Waals surface area contributed by atoms with E-state index >= 15 is 0 Å². The van der Waals surface area contributed by atoms with E-state index in [1.165, 1.54) is 18.2 Å². The van der Waals surface area contributed by atoms with Gasteiger partial charge < -0.3 is 10.6 Å². The number of benzene rings is 2. The summed E-state index contributed by atoms with van der Waals surface area (Å²) in [4.78, 5) is 4.48. The van der Waals surface area contributed by atoms with Crippen LogP contribution in [-0.2, 0) is 13.1 Å². The molecule has 0 spiro atoms. The Morgan fingerprint density at radius 2 is 1.93 bits per heavy atom. The molecule has 0 aliphatic rings. The van der Waals surface area contributed by atoms with Crippen LogP contribution in [0.4, 0.5) is 4.39 Å². The molecule has 1 aromatic heterocycles. The molecule has 6 nitrogen and oxygen atoms in total. The molecule has 3 aromatic rings. The van der Waals surface area contributed by atoms with Gasteiger partial charge in [-0.05, 0) is 56.7 Å². The van der Waals surface area contributed by atoms with Crippen LogP contribution in [0.15, 0.2) is 53.5 Å². The van der Waals surface area contributed by atoms with E-state index in [9.17, 15) is 4.39 Å². The lowest BCUT2D eigenvalue weighted by Gasteiger charge is -2.15. The summed E-state index contributed by atoms with van der Waals surface area (Å²) in [6.45, 7) is 7.31. The molecule has 1 heterocycles. The summed E-state index contributed by atoms with van der Waals surface area (Å²) >= 11 is 0. The number of nitrogens with zero attached hydrogens (tertiary/aromatic N) is 4. The highest BCUT2D eigenvalue weighted by Crippen LogP contribution is 2.17. The predicted octanol–water partition coefficient (Wildman–Crippen LogP) is 3.76. The number of nitriles is 1. The van der Waals surface area contributed by atoms with E-state index in [1.54, 1.807) is 0 Å². The third-order valence-electron chi connectivity index (χ3n) is 4.60. The number of halogens is 1. The summed E-state index contributed by atoms with van der Waals surface area (Å²) in [6.07, 6.45) is 0. The van der Waals surface area contributed by atoms with Gasteiger partial charge in [0.15, 0.2) is 5.96 Å². The average Bonchev–Trinajstić information content (AvgIpc) is 3.09. The first-order valence-electron chi connectivity index (χ1n) is 9.84. The number of para-hydroxylation sites is 1. The van der Waals surface area contributed by atoms with Gasteiger partial charge in [-0.1, -0.05) is 18.2 Å². The molecule has 30 heavy (non-hydrogen) atoms. The summed E-state index contributed by atoms with van der Waals surface area (Å²) < 4.78 is 16.0. The van der Waals surface area contributed by atoms with Gasteiger partial charge in [0, 0.05) is 24.3 Å². The molecule has 0 saturated carbocycles. The lowest BCUT2D eigenvalue weighted by atomic mass is 10.1. The van der Waals surface area contributed by atoms with E-state index in [0.717, 1.165) is 22.6 Å². The Hall–Kier alpha value is -3.66. The molecule has 154 valence electrons. The first-order valence-corrected chi connectivity index (χ1v) is 9.84. The maximum Gasteiger partial charge on any atom is 0.191 e. The third-order valence-corrected chi connectivity index (χ3v) is 4.60. The Morgan fingerprint density at radius 1 is 1.13 bits per heavy atom. The van der Waals surface area contributed by atoms with Crippen LogP contribution in [-0.4, -0.2) is 22.3 Å². The molecule has 0 fully saturated rings. The quantitative estimate of drug-likeness (QED) is 0.484. The van der Waals surface area contributed by atoms with Crippen LogP contribution in [0.5, 0.6) is 0 Å². The van der Waals surface area contributed by atoms with Crippen molar-refractivity contribution in [2.75, 3.05) is 6.54 Å². The highest BCUT2D eigenvalue weighted by atomic mass is 19.1. The zero-order valence-electron chi connectivity index (χ0n) is 17.4. The van der Waals surface area contributed by atoms with Crippen LogP contribution in [0.2, 0.25) is 0 Å².